The minimum atomic E-state index is 0.746. The van der Waals surface area contributed by atoms with Crippen LogP contribution in [0.15, 0.2) is 11.6 Å². The van der Waals surface area contributed by atoms with Crippen molar-refractivity contribution in [2.24, 2.45) is 5.73 Å². The Morgan fingerprint density at radius 1 is 1.73 bits per heavy atom. The third-order valence-corrected chi connectivity index (χ3v) is 2.33. The molecule has 1 rings (SSSR count). The number of rotatable bonds is 4. The highest BCUT2D eigenvalue weighted by atomic mass is 32.1. The molecule has 0 saturated heterocycles. The molecule has 3 nitrogen and oxygen atoms in total. The molecule has 0 aliphatic heterocycles. The van der Waals surface area contributed by atoms with Gasteiger partial charge < -0.3 is 10.6 Å². The van der Waals surface area contributed by atoms with E-state index >= 15 is 0 Å². The van der Waals surface area contributed by atoms with Crippen LogP contribution in [0.3, 0.4) is 0 Å². The Bertz CT molecular complexity index is 186. The van der Waals surface area contributed by atoms with Gasteiger partial charge in [-0.1, -0.05) is 0 Å². The molecule has 0 spiro atoms. The highest BCUT2D eigenvalue weighted by molar-refractivity contribution is 7.13. The maximum absolute atomic E-state index is 5.39. The second-order valence-electron chi connectivity index (χ2n) is 2.38. The predicted molar refractivity (Wildman–Crippen MR) is 49.1 cm³/mol. The van der Waals surface area contributed by atoms with Crippen LogP contribution in [0.5, 0.6) is 0 Å². The fraction of sp³-hybridized carbons (Fsp3) is 0.571. The minimum Gasteiger partial charge on any atom is -0.351 e. The smallest absolute Gasteiger partial charge is 0.184 e. The summed E-state index contributed by atoms with van der Waals surface area (Å²) < 4.78 is 0. The van der Waals surface area contributed by atoms with E-state index in [0.717, 1.165) is 24.6 Å². The first-order valence-electron chi connectivity index (χ1n) is 3.65. The molecule has 11 heavy (non-hydrogen) atoms. The van der Waals surface area contributed by atoms with Gasteiger partial charge in [0.2, 0.25) is 0 Å². The predicted octanol–water partition coefficient (Wildman–Crippen LogP) is 0.928. The number of hydrogen-bond acceptors (Lipinski definition) is 4. The molecular formula is C7H13N3S. The highest BCUT2D eigenvalue weighted by Crippen LogP contribution is 2.14. The van der Waals surface area contributed by atoms with Gasteiger partial charge in [-0.25, -0.2) is 4.98 Å². The number of thiazole rings is 1. The van der Waals surface area contributed by atoms with Crippen LogP contribution in [0.1, 0.15) is 6.42 Å². The molecule has 1 heterocycles. The fourth-order valence-corrected chi connectivity index (χ4v) is 1.46. The standard InChI is InChI=1S/C7H13N3S/c1-10(5-2-3-8)7-9-4-6-11-7/h4,6H,2-3,5,8H2,1H3. The molecular weight excluding hydrogens is 158 g/mol. The van der Waals surface area contributed by atoms with Gasteiger partial charge in [-0.2, -0.15) is 0 Å². The van der Waals surface area contributed by atoms with Crippen LogP contribution in [0.4, 0.5) is 5.13 Å². The first-order valence-corrected chi connectivity index (χ1v) is 4.53. The second kappa shape index (κ2) is 4.31. The number of nitrogens with zero attached hydrogens (tertiary/aromatic N) is 2. The lowest BCUT2D eigenvalue weighted by molar-refractivity contribution is 0.793. The highest BCUT2D eigenvalue weighted by Gasteiger charge is 2.00. The van der Waals surface area contributed by atoms with Crippen molar-refractivity contribution >= 4 is 16.5 Å². The summed E-state index contributed by atoms with van der Waals surface area (Å²) >= 11 is 1.66. The Morgan fingerprint density at radius 2 is 2.55 bits per heavy atom. The summed E-state index contributed by atoms with van der Waals surface area (Å²) in [6, 6.07) is 0. The van der Waals surface area contributed by atoms with Gasteiger partial charge in [0.25, 0.3) is 0 Å². The topological polar surface area (TPSA) is 42.1 Å². The zero-order valence-electron chi connectivity index (χ0n) is 6.66. The third kappa shape index (κ3) is 2.48. The van der Waals surface area contributed by atoms with Crippen LogP contribution >= 0.6 is 11.3 Å². The molecule has 2 N–H and O–H groups in total. The van der Waals surface area contributed by atoms with Gasteiger partial charge in [-0.15, -0.1) is 11.3 Å². The van der Waals surface area contributed by atoms with Crippen molar-refractivity contribution in [3.8, 4) is 0 Å². The zero-order valence-corrected chi connectivity index (χ0v) is 7.47. The summed E-state index contributed by atoms with van der Waals surface area (Å²) in [4.78, 5) is 6.30. The van der Waals surface area contributed by atoms with Gasteiger partial charge in [0.1, 0.15) is 0 Å². The summed E-state index contributed by atoms with van der Waals surface area (Å²) in [7, 11) is 2.04. The number of nitrogens with two attached hydrogens (primary N) is 1. The molecule has 0 radical (unpaired) electrons. The Morgan fingerprint density at radius 3 is 3.09 bits per heavy atom. The quantitative estimate of drug-likeness (QED) is 0.732. The van der Waals surface area contributed by atoms with Crippen LogP contribution in [0, 0.1) is 0 Å². The summed E-state index contributed by atoms with van der Waals surface area (Å²) in [5.41, 5.74) is 5.39. The van der Waals surface area contributed by atoms with Gasteiger partial charge in [-0.05, 0) is 13.0 Å². The summed E-state index contributed by atoms with van der Waals surface area (Å²) in [5, 5.41) is 3.05. The summed E-state index contributed by atoms with van der Waals surface area (Å²) in [5.74, 6) is 0. The minimum absolute atomic E-state index is 0.746. The average Bonchev–Trinajstić information content (AvgIpc) is 2.52. The largest absolute Gasteiger partial charge is 0.351 e. The van der Waals surface area contributed by atoms with Crippen LogP contribution in [-0.4, -0.2) is 25.1 Å². The van der Waals surface area contributed by atoms with E-state index in [0.29, 0.717) is 0 Å². The molecule has 0 bridgehead atoms. The third-order valence-electron chi connectivity index (χ3n) is 1.44. The van der Waals surface area contributed by atoms with E-state index in [1.54, 1.807) is 11.3 Å². The Hall–Kier alpha value is -0.610. The van der Waals surface area contributed by atoms with Crippen molar-refractivity contribution < 1.29 is 0 Å². The van der Waals surface area contributed by atoms with E-state index in [9.17, 15) is 0 Å². The maximum atomic E-state index is 5.39. The number of aromatic nitrogens is 1. The van der Waals surface area contributed by atoms with Crippen LogP contribution in [-0.2, 0) is 0 Å². The molecule has 0 aromatic carbocycles. The van der Waals surface area contributed by atoms with Gasteiger partial charge in [0.15, 0.2) is 5.13 Å². The summed E-state index contributed by atoms with van der Waals surface area (Å²) in [6.07, 6.45) is 2.84. The van der Waals surface area contributed by atoms with E-state index in [1.165, 1.54) is 0 Å². The number of hydrogen-bond donors (Lipinski definition) is 1. The molecule has 0 fully saturated rings. The SMILES string of the molecule is CN(CCCN)c1nccs1. The van der Waals surface area contributed by atoms with E-state index in [4.69, 9.17) is 5.73 Å². The van der Waals surface area contributed by atoms with Crippen molar-refractivity contribution in [2.75, 3.05) is 25.0 Å². The van der Waals surface area contributed by atoms with Crippen LogP contribution in [0.2, 0.25) is 0 Å². The average molecular weight is 171 g/mol. The Balaban J connectivity index is 2.36. The molecule has 0 unspecified atom stereocenters. The van der Waals surface area contributed by atoms with Crippen LogP contribution < -0.4 is 10.6 Å². The van der Waals surface area contributed by atoms with E-state index in [-0.39, 0.29) is 0 Å². The molecule has 0 saturated carbocycles. The van der Waals surface area contributed by atoms with Crippen molar-refractivity contribution in [2.45, 2.75) is 6.42 Å². The second-order valence-corrected chi connectivity index (χ2v) is 3.25. The Labute approximate surface area is 70.9 Å². The van der Waals surface area contributed by atoms with Crippen molar-refractivity contribution in [1.82, 2.24) is 4.98 Å². The van der Waals surface area contributed by atoms with Gasteiger partial charge in [0, 0.05) is 25.2 Å². The van der Waals surface area contributed by atoms with Gasteiger partial charge in [0.05, 0.1) is 0 Å². The fourth-order valence-electron chi connectivity index (χ4n) is 0.829. The first kappa shape index (κ1) is 8.49. The van der Waals surface area contributed by atoms with E-state index in [1.807, 2.05) is 18.6 Å². The molecule has 0 amide bonds. The Kier molecular flexibility index (Phi) is 3.32. The van der Waals surface area contributed by atoms with Gasteiger partial charge >= 0.3 is 0 Å². The first-order chi connectivity index (χ1) is 5.34. The maximum Gasteiger partial charge on any atom is 0.184 e. The molecule has 4 heteroatoms. The van der Waals surface area contributed by atoms with Gasteiger partial charge in [-0.3, -0.25) is 0 Å². The van der Waals surface area contributed by atoms with E-state index < -0.39 is 0 Å². The van der Waals surface area contributed by atoms with Crippen molar-refractivity contribution in [3.63, 3.8) is 0 Å². The molecule has 0 atom stereocenters. The lowest BCUT2D eigenvalue weighted by Gasteiger charge is -2.13. The van der Waals surface area contributed by atoms with Crippen LogP contribution in [0.25, 0.3) is 0 Å². The zero-order chi connectivity index (χ0) is 8.10. The van der Waals surface area contributed by atoms with Crippen molar-refractivity contribution in [1.29, 1.82) is 0 Å². The number of anilines is 1. The lowest BCUT2D eigenvalue weighted by atomic mass is 10.4. The van der Waals surface area contributed by atoms with Crippen molar-refractivity contribution in [3.05, 3.63) is 11.6 Å². The van der Waals surface area contributed by atoms with E-state index in [2.05, 4.69) is 9.88 Å². The molecule has 0 aliphatic rings. The summed E-state index contributed by atoms with van der Waals surface area (Å²) in [6.45, 7) is 1.74. The monoisotopic (exact) mass is 171 g/mol. The molecule has 1 aromatic heterocycles. The molecule has 1 aromatic rings. The molecule has 0 aliphatic carbocycles. The molecule has 62 valence electrons. The normalized spacial score (nSPS) is 10.0. The lowest BCUT2D eigenvalue weighted by Crippen LogP contribution is -2.20.